The number of carboxylic acids is 2. The topological polar surface area (TPSA) is 189 Å². The van der Waals surface area contributed by atoms with Gasteiger partial charge in [0.15, 0.2) is 5.69 Å². The molecule has 0 radical (unpaired) electrons. The standard InChI is InChI=1S/C24H19N5O7S/c1-14-21(22(30)29(27-14)16-7-3-2-4-8-16)26-25-15-11-12-20(18(13-15)24(33)34)37(35,36)28-19-10-6-5-9-17(19)23(31)32/h2-13,27-28H,1H3,(H,31,32)(H,33,34)/p-2. The van der Waals surface area contributed by atoms with Gasteiger partial charge in [-0.1, -0.05) is 36.4 Å². The third kappa shape index (κ3) is 5.16. The molecule has 0 spiro atoms. The van der Waals surface area contributed by atoms with Gasteiger partial charge in [0, 0.05) is 11.1 Å². The third-order valence-electron chi connectivity index (χ3n) is 5.18. The number of benzene rings is 3. The molecule has 0 saturated heterocycles. The molecule has 4 aromatic rings. The summed E-state index contributed by atoms with van der Waals surface area (Å²) in [5.74, 6) is -3.45. The van der Waals surface area contributed by atoms with Crippen LogP contribution in [0.25, 0.3) is 5.69 Å². The number of aryl methyl sites for hydroxylation is 1. The van der Waals surface area contributed by atoms with Crippen molar-refractivity contribution in [2.24, 2.45) is 10.2 Å². The lowest BCUT2D eigenvalue weighted by atomic mass is 10.2. The summed E-state index contributed by atoms with van der Waals surface area (Å²) in [5.41, 5.74) is -1.13. The van der Waals surface area contributed by atoms with Crippen molar-refractivity contribution in [1.29, 1.82) is 0 Å². The number of sulfonamides is 1. The average molecular weight is 519 g/mol. The number of azo groups is 1. The van der Waals surface area contributed by atoms with Crippen molar-refractivity contribution in [2.45, 2.75) is 11.8 Å². The zero-order valence-corrected chi connectivity index (χ0v) is 19.9. The maximum absolute atomic E-state index is 12.9. The lowest BCUT2D eigenvalue weighted by Crippen LogP contribution is -2.27. The number of carbonyl (C=O) groups is 2. The van der Waals surface area contributed by atoms with Crippen molar-refractivity contribution < 1.29 is 28.2 Å². The van der Waals surface area contributed by atoms with Crippen LogP contribution in [0.5, 0.6) is 0 Å². The number of carboxylic acid groups (broad SMARTS) is 2. The van der Waals surface area contributed by atoms with Gasteiger partial charge in [0.25, 0.3) is 15.6 Å². The van der Waals surface area contributed by atoms with E-state index >= 15 is 0 Å². The van der Waals surface area contributed by atoms with Crippen LogP contribution in [-0.4, -0.2) is 30.1 Å². The Morgan fingerprint density at radius 3 is 2.22 bits per heavy atom. The summed E-state index contributed by atoms with van der Waals surface area (Å²) in [4.78, 5) is 35.1. The largest absolute Gasteiger partial charge is 0.545 e. The lowest BCUT2D eigenvalue weighted by molar-refractivity contribution is -0.256. The van der Waals surface area contributed by atoms with Crippen molar-refractivity contribution in [3.05, 3.63) is 100.0 Å². The van der Waals surface area contributed by atoms with Crippen LogP contribution in [0.4, 0.5) is 17.1 Å². The van der Waals surface area contributed by atoms with Crippen LogP contribution in [0, 0.1) is 6.92 Å². The number of rotatable bonds is 8. The second kappa shape index (κ2) is 9.91. The highest BCUT2D eigenvalue weighted by molar-refractivity contribution is 7.92. The Labute approximate surface area is 209 Å². The van der Waals surface area contributed by atoms with Gasteiger partial charge in [0.05, 0.1) is 39.6 Å². The fourth-order valence-corrected chi connectivity index (χ4v) is 4.70. The summed E-state index contributed by atoms with van der Waals surface area (Å²) in [6.45, 7) is 1.60. The first-order valence-electron chi connectivity index (χ1n) is 10.6. The number of nitrogens with one attached hydrogen (secondary N) is 2. The number of hydrogen-bond donors (Lipinski definition) is 2. The Morgan fingerprint density at radius 2 is 1.54 bits per heavy atom. The van der Waals surface area contributed by atoms with Crippen LogP contribution in [0.2, 0.25) is 0 Å². The monoisotopic (exact) mass is 519 g/mol. The van der Waals surface area contributed by atoms with Crippen molar-refractivity contribution in [1.82, 2.24) is 9.78 Å². The summed E-state index contributed by atoms with van der Waals surface area (Å²) in [6, 6.07) is 16.8. The van der Waals surface area contributed by atoms with Crippen LogP contribution in [0.1, 0.15) is 26.4 Å². The summed E-state index contributed by atoms with van der Waals surface area (Å²) >= 11 is 0. The molecule has 0 atom stereocenters. The molecular formula is C24H17N5O7S-2. The Balaban J connectivity index is 1.68. The summed E-state index contributed by atoms with van der Waals surface area (Å²) in [5, 5.41) is 33.7. The molecule has 4 rings (SSSR count). The zero-order valence-electron chi connectivity index (χ0n) is 19.0. The maximum atomic E-state index is 12.9. The molecule has 1 heterocycles. The smallest absolute Gasteiger partial charge is 0.299 e. The molecule has 1 aromatic heterocycles. The molecule has 37 heavy (non-hydrogen) atoms. The highest BCUT2D eigenvalue weighted by atomic mass is 32.2. The lowest BCUT2D eigenvalue weighted by Gasteiger charge is -2.16. The van der Waals surface area contributed by atoms with Crippen molar-refractivity contribution in [2.75, 3.05) is 4.72 Å². The number of aromatic carboxylic acids is 2. The van der Waals surface area contributed by atoms with E-state index in [1.54, 1.807) is 37.3 Å². The molecule has 3 aromatic carbocycles. The number of aromatic nitrogens is 2. The third-order valence-corrected chi connectivity index (χ3v) is 6.61. The van der Waals surface area contributed by atoms with Gasteiger partial charge < -0.3 is 19.8 Å². The number of H-pyrrole nitrogens is 1. The zero-order chi connectivity index (χ0) is 26.7. The van der Waals surface area contributed by atoms with Crippen LogP contribution in [0.3, 0.4) is 0 Å². The molecule has 0 unspecified atom stereocenters. The van der Waals surface area contributed by atoms with Crippen LogP contribution < -0.4 is 20.5 Å². The molecule has 0 fully saturated rings. The number of nitrogens with zero attached hydrogens (tertiary/aromatic N) is 3. The quantitative estimate of drug-likeness (QED) is 0.329. The first kappa shape index (κ1) is 25.1. The van der Waals surface area contributed by atoms with E-state index in [0.717, 1.165) is 18.2 Å². The fourth-order valence-electron chi connectivity index (χ4n) is 3.45. The predicted octanol–water partition coefficient (Wildman–Crippen LogP) is 1.42. The Morgan fingerprint density at radius 1 is 0.892 bits per heavy atom. The fraction of sp³-hybridized carbons (Fsp3) is 0.0417. The molecule has 0 aliphatic carbocycles. The van der Waals surface area contributed by atoms with E-state index in [-0.39, 0.29) is 17.1 Å². The van der Waals surface area contributed by atoms with Crippen molar-refractivity contribution in [3.8, 4) is 5.69 Å². The molecule has 0 bridgehead atoms. The van der Waals surface area contributed by atoms with Gasteiger partial charge in [-0.05, 0) is 43.3 Å². The number of aromatic amines is 1. The number of anilines is 1. The predicted molar refractivity (Wildman–Crippen MR) is 128 cm³/mol. The van der Waals surface area contributed by atoms with E-state index < -0.39 is 43.5 Å². The molecule has 0 amide bonds. The van der Waals surface area contributed by atoms with E-state index in [9.17, 15) is 33.0 Å². The Bertz CT molecular complexity index is 1710. The first-order chi connectivity index (χ1) is 17.6. The SMILES string of the molecule is Cc1[nH]n(-c2ccccc2)c(=O)c1N=Nc1ccc(S(=O)(=O)Nc2ccccc2C(=O)[O-])c(C(=O)[O-])c1. The molecule has 0 aliphatic heterocycles. The van der Waals surface area contributed by atoms with E-state index in [0.29, 0.717) is 11.4 Å². The second-order valence-electron chi connectivity index (χ2n) is 7.67. The molecule has 0 saturated carbocycles. The van der Waals surface area contributed by atoms with Crippen LogP contribution in [0.15, 0.2) is 92.7 Å². The second-order valence-corrected chi connectivity index (χ2v) is 9.32. The van der Waals surface area contributed by atoms with Gasteiger partial charge in [-0.25, -0.2) is 13.1 Å². The molecule has 0 aliphatic rings. The van der Waals surface area contributed by atoms with E-state index in [2.05, 4.69) is 15.3 Å². The Hall–Kier alpha value is -5.04. The minimum Gasteiger partial charge on any atom is -0.545 e. The minimum atomic E-state index is -4.56. The van der Waals surface area contributed by atoms with Gasteiger partial charge in [-0.15, -0.1) is 5.11 Å². The van der Waals surface area contributed by atoms with Gasteiger partial charge in [-0.2, -0.15) is 5.11 Å². The summed E-state index contributed by atoms with van der Waals surface area (Å²) in [6.07, 6.45) is 0. The van der Waals surface area contributed by atoms with Gasteiger partial charge in [0.2, 0.25) is 0 Å². The van der Waals surface area contributed by atoms with E-state index in [1.807, 2.05) is 4.72 Å². The van der Waals surface area contributed by atoms with Gasteiger partial charge in [0.1, 0.15) is 0 Å². The first-order valence-corrected chi connectivity index (χ1v) is 12.0. The maximum Gasteiger partial charge on any atom is 0.299 e. The number of hydrogen-bond acceptors (Lipinski definition) is 9. The molecular weight excluding hydrogens is 502 g/mol. The highest BCUT2D eigenvalue weighted by Crippen LogP contribution is 2.27. The number of carbonyl (C=O) groups excluding carboxylic acids is 2. The van der Waals surface area contributed by atoms with E-state index in [1.165, 1.54) is 28.9 Å². The molecule has 188 valence electrons. The summed E-state index contributed by atoms with van der Waals surface area (Å²) < 4.78 is 29.1. The van der Waals surface area contributed by atoms with Gasteiger partial charge in [-0.3, -0.25) is 14.6 Å². The van der Waals surface area contributed by atoms with Crippen LogP contribution in [-0.2, 0) is 10.0 Å². The molecule has 13 heteroatoms. The normalized spacial score (nSPS) is 11.5. The Kier molecular flexibility index (Phi) is 6.71. The highest BCUT2D eigenvalue weighted by Gasteiger charge is 2.21. The minimum absolute atomic E-state index is 0.0314. The van der Waals surface area contributed by atoms with Crippen LogP contribution >= 0.6 is 0 Å². The number of para-hydroxylation sites is 2. The molecule has 2 N–H and O–H groups in total. The average Bonchev–Trinajstić information content (AvgIpc) is 3.16. The van der Waals surface area contributed by atoms with Crippen molar-refractivity contribution in [3.63, 3.8) is 0 Å². The van der Waals surface area contributed by atoms with Crippen molar-refractivity contribution >= 4 is 39.0 Å². The van der Waals surface area contributed by atoms with E-state index in [4.69, 9.17) is 0 Å². The van der Waals surface area contributed by atoms with Gasteiger partial charge >= 0.3 is 0 Å². The summed E-state index contributed by atoms with van der Waals surface area (Å²) in [7, 11) is -4.56. The molecule has 12 nitrogen and oxygen atoms in total.